The Bertz CT molecular complexity index is 2490. The molecular formula is C44H32N2. The van der Waals surface area contributed by atoms with Crippen LogP contribution in [0, 0.1) is 0 Å². The van der Waals surface area contributed by atoms with Gasteiger partial charge in [-0.3, -0.25) is 0 Å². The van der Waals surface area contributed by atoms with Crippen LogP contribution in [0.25, 0.3) is 66.9 Å². The van der Waals surface area contributed by atoms with Crippen molar-refractivity contribution >= 4 is 38.8 Å². The maximum absolute atomic E-state index is 3.78. The molecule has 0 amide bonds. The van der Waals surface area contributed by atoms with Crippen LogP contribution >= 0.6 is 0 Å². The molecule has 2 nitrogen and oxygen atoms in total. The van der Waals surface area contributed by atoms with Crippen molar-refractivity contribution in [3.05, 3.63) is 167 Å². The molecule has 0 bridgehead atoms. The van der Waals surface area contributed by atoms with E-state index in [-0.39, 0.29) is 5.92 Å². The summed E-state index contributed by atoms with van der Waals surface area (Å²) in [5.41, 5.74) is 17.3. The molecular weight excluding hydrogens is 556 g/mol. The highest BCUT2D eigenvalue weighted by Gasteiger charge is 2.33. The van der Waals surface area contributed by atoms with Crippen molar-refractivity contribution in [1.82, 2.24) is 9.55 Å². The maximum Gasteiger partial charge on any atom is 0.0576 e. The zero-order chi connectivity index (χ0) is 30.2. The van der Waals surface area contributed by atoms with E-state index < -0.39 is 0 Å². The van der Waals surface area contributed by atoms with Crippen LogP contribution in [0.1, 0.15) is 40.2 Å². The van der Waals surface area contributed by atoms with Gasteiger partial charge in [-0.1, -0.05) is 115 Å². The number of aromatic nitrogens is 2. The molecule has 218 valence electrons. The second-order valence-corrected chi connectivity index (χ2v) is 12.8. The Labute approximate surface area is 268 Å². The largest absolute Gasteiger partial charge is 0.354 e. The summed E-state index contributed by atoms with van der Waals surface area (Å²) in [6, 6.07) is 49.2. The van der Waals surface area contributed by atoms with Gasteiger partial charge in [0.2, 0.25) is 0 Å². The molecule has 1 unspecified atom stereocenters. The molecule has 1 atom stereocenters. The number of rotatable bonds is 3. The van der Waals surface area contributed by atoms with Crippen LogP contribution in [0.15, 0.2) is 140 Å². The fourth-order valence-electron chi connectivity index (χ4n) is 8.42. The molecule has 46 heavy (non-hydrogen) atoms. The number of nitrogens with one attached hydrogen (secondary N) is 1. The van der Waals surface area contributed by atoms with Gasteiger partial charge in [-0.05, 0) is 88.5 Å². The zero-order valence-electron chi connectivity index (χ0n) is 25.5. The van der Waals surface area contributed by atoms with Gasteiger partial charge >= 0.3 is 0 Å². The molecule has 6 aromatic carbocycles. The second kappa shape index (κ2) is 9.95. The Morgan fingerprint density at radius 1 is 0.609 bits per heavy atom. The van der Waals surface area contributed by atoms with Gasteiger partial charge in [0.05, 0.1) is 11.2 Å². The highest BCUT2D eigenvalue weighted by molar-refractivity contribution is 6.12. The molecule has 2 aliphatic carbocycles. The summed E-state index contributed by atoms with van der Waals surface area (Å²) < 4.78 is 2.51. The number of nitrogens with zero attached hydrogens (tertiary/aromatic N) is 1. The minimum absolute atomic E-state index is 0.277. The third-order valence-electron chi connectivity index (χ3n) is 10.4. The van der Waals surface area contributed by atoms with Gasteiger partial charge in [0.15, 0.2) is 0 Å². The van der Waals surface area contributed by atoms with E-state index >= 15 is 0 Å². The van der Waals surface area contributed by atoms with E-state index in [1.165, 1.54) is 88.6 Å². The minimum atomic E-state index is 0.277. The minimum Gasteiger partial charge on any atom is -0.354 e. The van der Waals surface area contributed by atoms with Gasteiger partial charge in [-0.25, -0.2) is 0 Å². The van der Waals surface area contributed by atoms with Crippen LogP contribution in [0.3, 0.4) is 0 Å². The summed E-state index contributed by atoms with van der Waals surface area (Å²) in [7, 11) is 0. The van der Waals surface area contributed by atoms with Gasteiger partial charge < -0.3 is 9.55 Å². The van der Waals surface area contributed by atoms with Gasteiger partial charge in [0.25, 0.3) is 0 Å². The van der Waals surface area contributed by atoms with Crippen molar-refractivity contribution in [2.45, 2.75) is 25.2 Å². The number of benzene rings is 6. The summed E-state index contributed by atoms with van der Waals surface area (Å²) in [5, 5.41) is 4.04. The number of hydrogen-bond acceptors (Lipinski definition) is 0. The molecule has 0 radical (unpaired) electrons. The molecule has 0 aliphatic heterocycles. The van der Waals surface area contributed by atoms with Crippen molar-refractivity contribution in [2.75, 3.05) is 0 Å². The molecule has 2 heterocycles. The van der Waals surface area contributed by atoms with Crippen LogP contribution < -0.4 is 0 Å². The normalized spacial score (nSPS) is 15.3. The number of H-pyrrole nitrogens is 1. The van der Waals surface area contributed by atoms with E-state index in [2.05, 4.69) is 155 Å². The summed E-state index contributed by atoms with van der Waals surface area (Å²) >= 11 is 0. The Balaban J connectivity index is 1.19. The van der Waals surface area contributed by atoms with Crippen molar-refractivity contribution in [3.63, 3.8) is 0 Å². The molecule has 2 aliphatic rings. The lowest BCUT2D eigenvalue weighted by molar-refractivity contribution is 0.775. The quantitative estimate of drug-likeness (QED) is 0.212. The fraction of sp³-hybridized carbons (Fsp3) is 0.0909. The smallest absolute Gasteiger partial charge is 0.0576 e. The van der Waals surface area contributed by atoms with Crippen LogP contribution in [-0.2, 0) is 12.8 Å². The molecule has 8 aromatic rings. The Morgan fingerprint density at radius 2 is 1.35 bits per heavy atom. The van der Waals surface area contributed by atoms with Crippen LogP contribution in [0.4, 0.5) is 0 Å². The van der Waals surface area contributed by atoms with E-state index in [4.69, 9.17) is 0 Å². The van der Waals surface area contributed by atoms with Crippen LogP contribution in [-0.4, -0.2) is 9.55 Å². The third kappa shape index (κ3) is 3.71. The van der Waals surface area contributed by atoms with Gasteiger partial charge in [-0.15, -0.1) is 0 Å². The average molecular weight is 589 g/mol. The number of fused-ring (bicyclic) bond motifs is 10. The molecule has 0 saturated heterocycles. The maximum atomic E-state index is 3.78. The Kier molecular flexibility index (Phi) is 5.56. The fourth-order valence-corrected chi connectivity index (χ4v) is 8.42. The van der Waals surface area contributed by atoms with Crippen molar-refractivity contribution in [1.29, 1.82) is 0 Å². The zero-order valence-corrected chi connectivity index (χ0v) is 25.5. The summed E-state index contributed by atoms with van der Waals surface area (Å²) in [6.45, 7) is 0. The first-order valence-corrected chi connectivity index (χ1v) is 16.4. The molecule has 10 rings (SSSR count). The van der Waals surface area contributed by atoms with Gasteiger partial charge in [0, 0.05) is 44.4 Å². The third-order valence-corrected chi connectivity index (χ3v) is 10.4. The van der Waals surface area contributed by atoms with Crippen molar-refractivity contribution < 1.29 is 0 Å². The van der Waals surface area contributed by atoms with Crippen molar-refractivity contribution in [2.24, 2.45) is 0 Å². The molecule has 1 N–H and O–H groups in total. The molecule has 0 spiro atoms. The topological polar surface area (TPSA) is 20.7 Å². The van der Waals surface area contributed by atoms with Crippen LogP contribution in [0.5, 0.6) is 0 Å². The number of allylic oxidation sites excluding steroid dienone is 1. The van der Waals surface area contributed by atoms with E-state index in [1.807, 2.05) is 0 Å². The van der Waals surface area contributed by atoms with Gasteiger partial charge in [0.1, 0.15) is 0 Å². The highest BCUT2D eigenvalue weighted by atomic mass is 15.0. The molecule has 2 heteroatoms. The predicted molar refractivity (Wildman–Crippen MR) is 193 cm³/mol. The highest BCUT2D eigenvalue weighted by Crippen LogP contribution is 2.50. The lowest BCUT2D eigenvalue weighted by Crippen LogP contribution is -2.16. The van der Waals surface area contributed by atoms with Crippen LogP contribution in [0.2, 0.25) is 0 Å². The lowest BCUT2D eigenvalue weighted by atomic mass is 9.74. The van der Waals surface area contributed by atoms with E-state index in [0.717, 1.165) is 19.3 Å². The van der Waals surface area contributed by atoms with Crippen molar-refractivity contribution in [3.8, 4) is 28.1 Å². The van der Waals surface area contributed by atoms with E-state index in [9.17, 15) is 0 Å². The van der Waals surface area contributed by atoms with E-state index in [0.29, 0.717) is 0 Å². The Morgan fingerprint density at radius 3 is 2.24 bits per heavy atom. The first-order chi connectivity index (χ1) is 22.8. The second-order valence-electron chi connectivity index (χ2n) is 12.8. The monoisotopic (exact) mass is 588 g/mol. The molecule has 2 aromatic heterocycles. The Hall–Kier alpha value is -5.60. The summed E-state index contributed by atoms with van der Waals surface area (Å²) in [4.78, 5) is 3.78. The molecule has 0 fully saturated rings. The first-order valence-electron chi connectivity index (χ1n) is 16.4. The first kappa shape index (κ1) is 25.7. The number of hydrogen-bond donors (Lipinski definition) is 1. The molecule has 0 saturated carbocycles. The predicted octanol–water partition coefficient (Wildman–Crippen LogP) is 11.2. The lowest BCUT2D eigenvalue weighted by Gasteiger charge is -2.30. The summed E-state index contributed by atoms with van der Waals surface area (Å²) in [6.07, 6.45) is 7.89. The van der Waals surface area contributed by atoms with Gasteiger partial charge in [-0.2, -0.15) is 0 Å². The summed E-state index contributed by atoms with van der Waals surface area (Å²) in [5.74, 6) is 0.277. The average Bonchev–Trinajstić information content (AvgIpc) is 3.67. The number of aromatic amines is 1. The standard InChI is InChI=1S/C44H32N2/c1-2-12-28(13-3-1)29-22-24-30(25-23-29)46-42-21-11-9-16-33(42)39-26-37(32-15-5-7-18-35(32)44(39)46)38-27-41-43(34-17-6-4-14-31(34)38)36-19-8-10-20-40(36)45-41/h1-3,5-13,15-25,27,37,45H,4,14,26H2. The number of para-hydroxylation sites is 2. The SMILES string of the molecule is C1=Cc2c(c(C3Cc4c(n(-c5ccc(-c6ccccc6)cc5)c5ccccc45)-c4ccccc43)cc3[nH]c4ccccc4c23)CC1. The van der Waals surface area contributed by atoms with E-state index in [1.54, 1.807) is 0 Å².